The number of carbonyl (C=O) groups is 1. The van der Waals surface area contributed by atoms with Gasteiger partial charge in [-0.1, -0.05) is 19.4 Å². The highest BCUT2D eigenvalue weighted by Crippen LogP contribution is 2.23. The maximum absolute atomic E-state index is 12.4. The van der Waals surface area contributed by atoms with Crippen molar-refractivity contribution in [2.75, 3.05) is 20.1 Å². The van der Waals surface area contributed by atoms with Gasteiger partial charge in [-0.15, -0.1) is 0 Å². The number of aryl methyl sites for hydroxylation is 2. The third kappa shape index (κ3) is 4.78. The number of unbranched alkanes of at least 4 members (excludes halogenated alkanes) is 1. The Kier molecular flexibility index (Phi) is 6.18. The number of fused-ring (bicyclic) bond motifs is 1. The van der Waals surface area contributed by atoms with E-state index in [-0.39, 0.29) is 17.3 Å². The van der Waals surface area contributed by atoms with Gasteiger partial charge in [0.15, 0.2) is 0 Å². The van der Waals surface area contributed by atoms with Crippen LogP contribution in [-0.4, -0.2) is 39.4 Å². The molecule has 1 aromatic rings. The Bertz CT molecular complexity index is 656. The summed E-state index contributed by atoms with van der Waals surface area (Å²) in [5.74, 6) is -0.208. The molecule has 6 heteroatoms. The summed E-state index contributed by atoms with van der Waals surface area (Å²) in [6, 6.07) is 5.29. The van der Waals surface area contributed by atoms with Gasteiger partial charge in [0, 0.05) is 13.6 Å². The first kappa shape index (κ1) is 17.9. The number of benzene rings is 1. The van der Waals surface area contributed by atoms with Crippen LogP contribution in [0.1, 0.15) is 43.7 Å². The third-order valence-electron chi connectivity index (χ3n) is 4.32. The van der Waals surface area contributed by atoms with Gasteiger partial charge >= 0.3 is 0 Å². The minimum absolute atomic E-state index is 0.195. The molecule has 23 heavy (non-hydrogen) atoms. The molecule has 0 atom stereocenters. The lowest BCUT2D eigenvalue weighted by molar-refractivity contribution is -0.128. The summed E-state index contributed by atoms with van der Waals surface area (Å²) in [6.45, 7) is 2.51. The van der Waals surface area contributed by atoms with Crippen molar-refractivity contribution in [2.24, 2.45) is 0 Å². The molecule has 0 fully saturated rings. The summed E-state index contributed by atoms with van der Waals surface area (Å²) in [4.78, 5) is 13.8. The molecule has 1 aliphatic rings. The number of likely N-dealkylation sites (N-methyl/N-ethyl adjacent to an activating group) is 1. The number of nitrogens with zero attached hydrogens (tertiary/aromatic N) is 1. The van der Waals surface area contributed by atoms with Gasteiger partial charge in [-0.25, -0.2) is 13.1 Å². The molecule has 0 aliphatic heterocycles. The predicted molar refractivity (Wildman–Crippen MR) is 90.8 cm³/mol. The van der Waals surface area contributed by atoms with E-state index in [1.54, 1.807) is 24.1 Å². The molecule has 5 nitrogen and oxygen atoms in total. The zero-order valence-corrected chi connectivity index (χ0v) is 14.8. The highest BCUT2D eigenvalue weighted by Gasteiger charge is 2.19. The molecule has 128 valence electrons. The lowest BCUT2D eigenvalue weighted by atomic mass is 9.92. The lowest BCUT2D eigenvalue weighted by Crippen LogP contribution is -2.38. The zero-order chi connectivity index (χ0) is 16.9. The molecule has 0 aromatic heterocycles. The molecule has 0 saturated heterocycles. The van der Waals surface area contributed by atoms with Gasteiger partial charge in [0.1, 0.15) is 0 Å². The molecule has 0 unspecified atom stereocenters. The topological polar surface area (TPSA) is 66.5 Å². The average molecular weight is 338 g/mol. The minimum Gasteiger partial charge on any atom is -0.345 e. The van der Waals surface area contributed by atoms with E-state index in [4.69, 9.17) is 0 Å². The first-order valence-corrected chi connectivity index (χ1v) is 9.78. The van der Waals surface area contributed by atoms with Crippen molar-refractivity contribution >= 4 is 15.9 Å². The van der Waals surface area contributed by atoms with Crippen LogP contribution in [0.5, 0.6) is 0 Å². The van der Waals surface area contributed by atoms with Crippen LogP contribution in [0.3, 0.4) is 0 Å². The summed E-state index contributed by atoms with van der Waals surface area (Å²) in [5.41, 5.74) is 2.36. The average Bonchev–Trinajstić information content (AvgIpc) is 2.57. The Labute approximate surface area is 139 Å². The molecular weight excluding hydrogens is 312 g/mol. The van der Waals surface area contributed by atoms with Gasteiger partial charge in [0.25, 0.3) is 0 Å². The summed E-state index contributed by atoms with van der Waals surface area (Å²) in [6.07, 6.45) is 6.13. The fourth-order valence-corrected chi connectivity index (χ4v) is 3.80. The van der Waals surface area contributed by atoms with Crippen molar-refractivity contribution in [2.45, 2.75) is 50.3 Å². The third-order valence-corrected chi connectivity index (χ3v) is 5.72. The van der Waals surface area contributed by atoms with Gasteiger partial charge in [0.2, 0.25) is 15.9 Å². The number of nitrogens with one attached hydrogen (secondary N) is 1. The summed E-state index contributed by atoms with van der Waals surface area (Å²) in [5, 5.41) is 0. The van der Waals surface area contributed by atoms with Crippen molar-refractivity contribution < 1.29 is 13.2 Å². The highest BCUT2D eigenvalue weighted by atomic mass is 32.2. The Morgan fingerprint density at radius 2 is 1.91 bits per heavy atom. The second-order valence-electron chi connectivity index (χ2n) is 6.13. The van der Waals surface area contributed by atoms with Crippen molar-refractivity contribution in [1.29, 1.82) is 0 Å². The van der Waals surface area contributed by atoms with Crippen molar-refractivity contribution in [1.82, 2.24) is 9.62 Å². The number of carbonyl (C=O) groups excluding carboxylic acids is 1. The number of sulfonamides is 1. The SMILES string of the molecule is CCCCN(C)C(=O)CNS(=O)(=O)c1ccc2c(c1)CCCC2. The second-order valence-corrected chi connectivity index (χ2v) is 7.90. The van der Waals surface area contributed by atoms with Gasteiger partial charge in [-0.2, -0.15) is 0 Å². The molecule has 1 amide bonds. The van der Waals surface area contributed by atoms with E-state index >= 15 is 0 Å². The lowest BCUT2D eigenvalue weighted by Gasteiger charge is -2.18. The van der Waals surface area contributed by atoms with Gasteiger partial charge in [0.05, 0.1) is 11.4 Å². The molecule has 0 bridgehead atoms. The van der Waals surface area contributed by atoms with Crippen LogP contribution in [0.2, 0.25) is 0 Å². The van der Waals surface area contributed by atoms with Crippen molar-refractivity contribution in [3.63, 3.8) is 0 Å². The van der Waals surface area contributed by atoms with E-state index in [0.717, 1.165) is 44.1 Å². The Morgan fingerprint density at radius 3 is 2.61 bits per heavy atom. The molecule has 0 saturated carbocycles. The quantitative estimate of drug-likeness (QED) is 0.828. The van der Waals surface area contributed by atoms with E-state index in [2.05, 4.69) is 11.6 Å². The molecule has 0 heterocycles. The first-order valence-electron chi connectivity index (χ1n) is 8.29. The first-order chi connectivity index (χ1) is 10.9. The Balaban J connectivity index is 2.00. The molecule has 2 rings (SSSR count). The van der Waals surface area contributed by atoms with Crippen LogP contribution in [-0.2, 0) is 27.7 Å². The molecular formula is C17H26N2O3S. The van der Waals surface area contributed by atoms with Gasteiger partial charge in [-0.05, 0) is 55.4 Å². The molecule has 0 spiro atoms. The Hall–Kier alpha value is -1.40. The fraction of sp³-hybridized carbons (Fsp3) is 0.588. The summed E-state index contributed by atoms with van der Waals surface area (Å²) in [7, 11) is -1.94. The molecule has 0 radical (unpaired) electrons. The van der Waals surface area contributed by atoms with E-state index < -0.39 is 10.0 Å². The maximum Gasteiger partial charge on any atom is 0.241 e. The molecule has 1 aromatic carbocycles. The summed E-state index contributed by atoms with van der Waals surface area (Å²) >= 11 is 0. The molecule has 1 aliphatic carbocycles. The smallest absolute Gasteiger partial charge is 0.241 e. The van der Waals surface area contributed by atoms with Crippen molar-refractivity contribution in [3.05, 3.63) is 29.3 Å². The van der Waals surface area contributed by atoms with Crippen LogP contribution < -0.4 is 4.72 Å². The monoisotopic (exact) mass is 338 g/mol. The van der Waals surface area contributed by atoms with Gasteiger partial charge in [-0.3, -0.25) is 4.79 Å². The number of amides is 1. The van der Waals surface area contributed by atoms with Crippen LogP contribution in [0.4, 0.5) is 0 Å². The maximum atomic E-state index is 12.4. The number of rotatable bonds is 7. The number of hydrogen-bond acceptors (Lipinski definition) is 3. The highest BCUT2D eigenvalue weighted by molar-refractivity contribution is 7.89. The second kappa shape index (κ2) is 7.93. The van der Waals surface area contributed by atoms with Crippen LogP contribution in [0.15, 0.2) is 23.1 Å². The fourth-order valence-electron chi connectivity index (χ4n) is 2.77. The largest absolute Gasteiger partial charge is 0.345 e. The standard InChI is InChI=1S/C17H26N2O3S/c1-3-4-11-19(2)17(20)13-18-23(21,22)16-10-9-14-7-5-6-8-15(14)12-16/h9-10,12,18H,3-8,11,13H2,1-2H3. The van der Waals surface area contributed by atoms with Crippen molar-refractivity contribution in [3.8, 4) is 0 Å². The number of hydrogen-bond donors (Lipinski definition) is 1. The zero-order valence-electron chi connectivity index (χ0n) is 14.0. The minimum atomic E-state index is -3.64. The van der Waals surface area contributed by atoms with E-state index in [9.17, 15) is 13.2 Å². The van der Waals surface area contributed by atoms with E-state index in [1.807, 2.05) is 6.07 Å². The van der Waals surface area contributed by atoms with Crippen LogP contribution >= 0.6 is 0 Å². The van der Waals surface area contributed by atoms with Crippen LogP contribution in [0.25, 0.3) is 0 Å². The Morgan fingerprint density at radius 1 is 1.22 bits per heavy atom. The normalized spacial score (nSPS) is 14.3. The predicted octanol–water partition coefficient (Wildman–Crippen LogP) is 2.10. The van der Waals surface area contributed by atoms with Gasteiger partial charge < -0.3 is 4.90 Å². The van der Waals surface area contributed by atoms with E-state index in [0.29, 0.717) is 6.54 Å². The van der Waals surface area contributed by atoms with E-state index in [1.165, 1.54) is 5.56 Å². The van der Waals surface area contributed by atoms with Crippen LogP contribution in [0, 0.1) is 0 Å². The summed E-state index contributed by atoms with van der Waals surface area (Å²) < 4.78 is 27.2. The molecule has 1 N–H and O–H groups in total.